The number of terminal acetylenes is 1. The molecule has 0 atom stereocenters. The van der Waals surface area contributed by atoms with E-state index in [0.717, 1.165) is 17.0 Å². The van der Waals surface area contributed by atoms with Gasteiger partial charge in [-0.1, -0.05) is 42.7 Å². The first-order chi connectivity index (χ1) is 6.20. The molecule has 0 aromatic heterocycles. The van der Waals surface area contributed by atoms with Crippen molar-refractivity contribution in [1.29, 1.82) is 0 Å². The maximum absolute atomic E-state index is 5.94. The fourth-order valence-corrected chi connectivity index (χ4v) is 1.34. The van der Waals surface area contributed by atoms with E-state index in [1.54, 1.807) is 12.1 Å². The molecule has 1 rings (SSSR count). The molecule has 0 N–H and O–H groups in total. The molecule has 0 fully saturated rings. The molecule has 0 aliphatic rings. The second-order valence-corrected chi connectivity index (χ2v) is 3.10. The highest BCUT2D eigenvalue weighted by atomic mass is 35.5. The Morgan fingerprint density at radius 2 is 2.31 bits per heavy atom. The van der Waals surface area contributed by atoms with E-state index in [2.05, 4.69) is 12.5 Å². The lowest BCUT2D eigenvalue weighted by Crippen LogP contribution is -1.94. The number of hydrogen-bond donors (Lipinski definition) is 0. The Morgan fingerprint density at radius 3 is 2.85 bits per heavy atom. The quantitative estimate of drug-likeness (QED) is 0.626. The van der Waals surface area contributed by atoms with E-state index in [9.17, 15) is 0 Å². The number of allylic oxidation sites excluding steroid dienone is 1. The first kappa shape index (κ1) is 9.89. The van der Waals surface area contributed by atoms with Gasteiger partial charge in [-0.25, -0.2) is 0 Å². The van der Waals surface area contributed by atoms with Crippen LogP contribution < -0.4 is 0 Å². The summed E-state index contributed by atoms with van der Waals surface area (Å²) < 4.78 is 0. The summed E-state index contributed by atoms with van der Waals surface area (Å²) in [6.07, 6.45) is 7.13. The van der Waals surface area contributed by atoms with Gasteiger partial charge in [0, 0.05) is 11.5 Å². The van der Waals surface area contributed by atoms with E-state index in [0.29, 0.717) is 5.02 Å². The molecule has 0 unspecified atom stereocenters. The molecule has 1 radical (unpaired) electrons. The van der Waals surface area contributed by atoms with Crippen LogP contribution in [0.15, 0.2) is 30.9 Å². The molecule has 0 amide bonds. The largest absolute Gasteiger partial charge is 0.115 e. The molecule has 0 saturated heterocycles. The molecule has 0 saturated carbocycles. The van der Waals surface area contributed by atoms with Gasteiger partial charge in [0.2, 0.25) is 0 Å². The molecular weight excluding hydrogens is 180 g/mol. The second-order valence-electron chi connectivity index (χ2n) is 2.69. The molecule has 1 aromatic rings. The van der Waals surface area contributed by atoms with Crippen LogP contribution in [0.1, 0.15) is 18.1 Å². The minimum atomic E-state index is 0.612. The van der Waals surface area contributed by atoms with E-state index in [4.69, 9.17) is 18.0 Å². The van der Waals surface area contributed by atoms with Crippen molar-refractivity contribution in [3.63, 3.8) is 0 Å². The molecule has 0 aliphatic carbocycles. The first-order valence-corrected chi connectivity index (χ1v) is 4.30. The normalized spacial score (nSPS) is 9.69. The lowest BCUT2D eigenvalue weighted by molar-refractivity contribution is 1.24. The Bertz CT molecular complexity index is 358. The molecule has 0 nitrogen and oxygen atoms in total. The lowest BCUT2D eigenvalue weighted by Gasteiger charge is -2.09. The second kappa shape index (κ2) is 4.16. The van der Waals surface area contributed by atoms with Crippen molar-refractivity contribution in [3.8, 4) is 12.3 Å². The van der Waals surface area contributed by atoms with Gasteiger partial charge in [0.05, 0.1) is 5.02 Å². The third kappa shape index (κ3) is 1.94. The van der Waals surface area contributed by atoms with Crippen LogP contribution in [0.2, 0.25) is 5.02 Å². The summed E-state index contributed by atoms with van der Waals surface area (Å²) >= 11 is 5.94. The average molecular weight is 190 g/mol. The molecule has 65 valence electrons. The number of hydrogen-bond acceptors (Lipinski definition) is 0. The van der Waals surface area contributed by atoms with Gasteiger partial charge in [-0.15, -0.1) is 13.0 Å². The Balaban J connectivity index is 3.29. The number of rotatable bonds is 2. The van der Waals surface area contributed by atoms with Crippen molar-refractivity contribution in [2.75, 3.05) is 0 Å². The van der Waals surface area contributed by atoms with E-state index < -0.39 is 0 Å². The fourth-order valence-electron chi connectivity index (χ4n) is 1.11. The van der Waals surface area contributed by atoms with Gasteiger partial charge < -0.3 is 0 Å². The van der Waals surface area contributed by atoms with Gasteiger partial charge in [0.25, 0.3) is 0 Å². The smallest absolute Gasteiger partial charge is 0.0565 e. The molecular formula is C12H10Cl. The van der Waals surface area contributed by atoms with Crippen molar-refractivity contribution < 1.29 is 0 Å². The predicted octanol–water partition coefficient (Wildman–Crippen LogP) is 3.45. The summed E-state index contributed by atoms with van der Waals surface area (Å²) in [6.45, 7) is 5.65. The highest BCUT2D eigenvalue weighted by Gasteiger charge is 2.08. The van der Waals surface area contributed by atoms with Crippen molar-refractivity contribution in [2.24, 2.45) is 0 Å². The number of benzene rings is 1. The van der Waals surface area contributed by atoms with Gasteiger partial charge in [-0.3, -0.25) is 0 Å². The van der Waals surface area contributed by atoms with Crippen LogP contribution in [0.5, 0.6) is 0 Å². The molecule has 13 heavy (non-hydrogen) atoms. The third-order valence-electron chi connectivity index (χ3n) is 1.89. The van der Waals surface area contributed by atoms with E-state index in [1.807, 2.05) is 19.1 Å². The van der Waals surface area contributed by atoms with Crippen molar-refractivity contribution in [3.05, 3.63) is 52.9 Å². The summed E-state index contributed by atoms with van der Waals surface area (Å²) in [4.78, 5) is 0. The Hall–Kier alpha value is -1.19. The van der Waals surface area contributed by atoms with Crippen molar-refractivity contribution >= 4 is 11.6 Å². The maximum atomic E-state index is 5.94. The standard InChI is InChI=1S/C12H10Cl/c1-4-9(3)11-7-6-8-12(13)10(11)5-2/h2,4,6-8H,1H2,3H3. The summed E-state index contributed by atoms with van der Waals surface area (Å²) in [7, 11) is 0. The summed E-state index contributed by atoms with van der Waals surface area (Å²) in [6, 6.07) is 5.61. The van der Waals surface area contributed by atoms with Crippen molar-refractivity contribution in [2.45, 2.75) is 6.92 Å². The zero-order valence-electron chi connectivity index (χ0n) is 7.47. The highest BCUT2D eigenvalue weighted by molar-refractivity contribution is 6.31. The Labute approximate surface area is 84.2 Å². The maximum Gasteiger partial charge on any atom is 0.0565 e. The van der Waals surface area contributed by atoms with Crippen molar-refractivity contribution in [1.82, 2.24) is 0 Å². The Morgan fingerprint density at radius 1 is 1.62 bits per heavy atom. The van der Waals surface area contributed by atoms with Crippen LogP contribution in [0, 0.1) is 18.3 Å². The van der Waals surface area contributed by atoms with Gasteiger partial charge in [-0.2, -0.15) is 0 Å². The summed E-state index contributed by atoms with van der Waals surface area (Å²) in [5.74, 6) is 3.62. The van der Waals surface area contributed by atoms with Gasteiger partial charge >= 0.3 is 0 Å². The average Bonchev–Trinajstić information content (AvgIpc) is 2.16. The van der Waals surface area contributed by atoms with E-state index in [-0.39, 0.29) is 0 Å². The lowest BCUT2D eigenvalue weighted by atomic mass is 9.96. The van der Waals surface area contributed by atoms with Crippen LogP contribution >= 0.6 is 11.6 Å². The van der Waals surface area contributed by atoms with Crippen LogP contribution in [0.4, 0.5) is 0 Å². The van der Waals surface area contributed by atoms with Gasteiger partial charge in [-0.05, 0) is 11.6 Å². The molecule has 0 aliphatic heterocycles. The molecule has 1 aromatic carbocycles. The highest BCUT2D eigenvalue weighted by Crippen LogP contribution is 2.25. The molecule has 1 heteroatoms. The topological polar surface area (TPSA) is 0 Å². The van der Waals surface area contributed by atoms with Gasteiger partial charge in [0.15, 0.2) is 0 Å². The summed E-state index contributed by atoms with van der Waals surface area (Å²) in [5.41, 5.74) is 1.71. The zero-order valence-corrected chi connectivity index (χ0v) is 8.23. The predicted molar refractivity (Wildman–Crippen MR) is 57.6 cm³/mol. The summed E-state index contributed by atoms with van der Waals surface area (Å²) in [5, 5.41) is 0.612. The van der Waals surface area contributed by atoms with Crippen LogP contribution in [0.25, 0.3) is 0 Å². The SMILES string of the molecule is C#Cc1c(Cl)cccc1[C](C)C=C. The molecule has 0 spiro atoms. The van der Waals surface area contributed by atoms with E-state index >= 15 is 0 Å². The third-order valence-corrected chi connectivity index (χ3v) is 2.20. The molecule has 0 heterocycles. The zero-order chi connectivity index (χ0) is 9.84. The van der Waals surface area contributed by atoms with Crippen LogP contribution in [-0.4, -0.2) is 0 Å². The fraction of sp³-hybridized carbons (Fsp3) is 0.0833. The van der Waals surface area contributed by atoms with Crippen LogP contribution in [0.3, 0.4) is 0 Å². The van der Waals surface area contributed by atoms with E-state index in [1.165, 1.54) is 0 Å². The van der Waals surface area contributed by atoms with Gasteiger partial charge in [0.1, 0.15) is 0 Å². The minimum absolute atomic E-state index is 0.612. The minimum Gasteiger partial charge on any atom is -0.115 e. The number of halogens is 1. The first-order valence-electron chi connectivity index (χ1n) is 3.92. The van der Waals surface area contributed by atoms with Crippen LogP contribution in [-0.2, 0) is 0 Å². The Kier molecular flexibility index (Phi) is 3.17. The molecule has 0 bridgehead atoms. The monoisotopic (exact) mass is 189 g/mol.